The van der Waals surface area contributed by atoms with Crippen LogP contribution in [0.1, 0.15) is 27.7 Å². The Morgan fingerprint density at radius 1 is 1.33 bits per heavy atom. The molecule has 0 aliphatic carbocycles. The molecule has 56 valence electrons. The van der Waals surface area contributed by atoms with Gasteiger partial charge in [-0.3, -0.25) is 4.21 Å². The van der Waals surface area contributed by atoms with Gasteiger partial charge >= 0.3 is 0 Å². The third kappa shape index (κ3) is 6.03. The maximum atomic E-state index is 10.9. The standard InChI is InChI=1S/C7H16OS/c1-5-9(8)6-7(2,3)4/h5-6H2,1-4H3. The second-order valence-corrected chi connectivity index (χ2v) is 5.18. The van der Waals surface area contributed by atoms with E-state index in [0.717, 1.165) is 11.5 Å². The largest absolute Gasteiger partial charge is 0.260 e. The highest BCUT2D eigenvalue weighted by Crippen LogP contribution is 2.13. The van der Waals surface area contributed by atoms with Gasteiger partial charge in [-0.25, -0.2) is 0 Å². The second-order valence-electron chi connectivity index (χ2n) is 3.43. The van der Waals surface area contributed by atoms with Crippen LogP contribution in [0.4, 0.5) is 0 Å². The third-order valence-corrected chi connectivity index (χ3v) is 2.75. The van der Waals surface area contributed by atoms with E-state index < -0.39 is 10.8 Å². The van der Waals surface area contributed by atoms with Crippen LogP contribution in [0, 0.1) is 5.41 Å². The van der Waals surface area contributed by atoms with E-state index in [2.05, 4.69) is 20.8 Å². The van der Waals surface area contributed by atoms with Crippen LogP contribution >= 0.6 is 0 Å². The first kappa shape index (κ1) is 9.15. The monoisotopic (exact) mass is 148 g/mol. The zero-order chi connectivity index (χ0) is 7.49. The summed E-state index contributed by atoms with van der Waals surface area (Å²) >= 11 is 0. The summed E-state index contributed by atoms with van der Waals surface area (Å²) in [4.78, 5) is 0. The topological polar surface area (TPSA) is 17.1 Å². The molecule has 1 unspecified atom stereocenters. The Kier molecular flexibility index (Phi) is 3.41. The van der Waals surface area contributed by atoms with Gasteiger partial charge in [-0.15, -0.1) is 0 Å². The molecule has 0 saturated carbocycles. The van der Waals surface area contributed by atoms with Crippen LogP contribution in [0.15, 0.2) is 0 Å². The van der Waals surface area contributed by atoms with Gasteiger partial charge in [-0.1, -0.05) is 27.7 Å². The first-order chi connectivity index (χ1) is 3.95. The van der Waals surface area contributed by atoms with E-state index >= 15 is 0 Å². The fraction of sp³-hybridized carbons (Fsp3) is 1.00. The molecule has 0 amide bonds. The molecule has 0 radical (unpaired) electrons. The molecule has 0 aliphatic rings. The van der Waals surface area contributed by atoms with E-state index in [4.69, 9.17) is 0 Å². The second kappa shape index (κ2) is 3.35. The van der Waals surface area contributed by atoms with Gasteiger partial charge in [-0.2, -0.15) is 0 Å². The van der Waals surface area contributed by atoms with Gasteiger partial charge in [0.05, 0.1) is 0 Å². The Labute approximate surface area is 60.3 Å². The molecule has 0 N–H and O–H groups in total. The molecule has 1 atom stereocenters. The molecule has 0 aliphatic heterocycles. The van der Waals surface area contributed by atoms with E-state index in [1.807, 2.05) is 6.92 Å². The van der Waals surface area contributed by atoms with Crippen molar-refractivity contribution in [2.75, 3.05) is 11.5 Å². The van der Waals surface area contributed by atoms with Gasteiger partial charge in [0, 0.05) is 22.3 Å². The average Bonchev–Trinajstić information content (AvgIpc) is 1.62. The molecule has 0 fully saturated rings. The van der Waals surface area contributed by atoms with Crippen molar-refractivity contribution in [2.45, 2.75) is 27.7 Å². The first-order valence-corrected chi connectivity index (χ1v) is 4.79. The summed E-state index contributed by atoms with van der Waals surface area (Å²) in [6, 6.07) is 0. The van der Waals surface area contributed by atoms with E-state index in [-0.39, 0.29) is 5.41 Å². The van der Waals surface area contributed by atoms with Crippen LogP contribution in [0.3, 0.4) is 0 Å². The lowest BCUT2D eigenvalue weighted by molar-refractivity contribution is 0.474. The average molecular weight is 148 g/mol. The summed E-state index contributed by atoms with van der Waals surface area (Å²) in [5.74, 6) is 1.61. The van der Waals surface area contributed by atoms with Crippen molar-refractivity contribution >= 4 is 10.8 Å². The smallest absolute Gasteiger partial charge is 0.0283 e. The molecule has 0 aromatic carbocycles. The Bertz CT molecular complexity index is 102. The van der Waals surface area contributed by atoms with Gasteiger partial charge in [0.25, 0.3) is 0 Å². The van der Waals surface area contributed by atoms with Gasteiger partial charge in [-0.05, 0) is 5.41 Å². The summed E-state index contributed by atoms with van der Waals surface area (Å²) < 4.78 is 10.9. The lowest BCUT2D eigenvalue weighted by atomic mass is 10.0. The van der Waals surface area contributed by atoms with Crippen LogP contribution in [0.5, 0.6) is 0 Å². The molecule has 0 heterocycles. The van der Waals surface area contributed by atoms with Crippen LogP contribution in [0.25, 0.3) is 0 Å². The fourth-order valence-corrected chi connectivity index (χ4v) is 1.76. The van der Waals surface area contributed by atoms with Gasteiger partial charge in [0.1, 0.15) is 0 Å². The molecule has 0 spiro atoms. The van der Waals surface area contributed by atoms with Crippen molar-refractivity contribution in [3.63, 3.8) is 0 Å². The lowest BCUT2D eigenvalue weighted by Crippen LogP contribution is -2.16. The molecule has 2 heteroatoms. The van der Waals surface area contributed by atoms with Crippen molar-refractivity contribution in [1.29, 1.82) is 0 Å². The predicted molar refractivity (Wildman–Crippen MR) is 43.0 cm³/mol. The van der Waals surface area contributed by atoms with Crippen molar-refractivity contribution < 1.29 is 4.21 Å². The van der Waals surface area contributed by atoms with Crippen molar-refractivity contribution in [2.24, 2.45) is 5.41 Å². The van der Waals surface area contributed by atoms with E-state index in [1.54, 1.807) is 0 Å². The minimum atomic E-state index is -0.596. The molecule has 0 aromatic rings. The highest BCUT2D eigenvalue weighted by Gasteiger charge is 2.12. The quantitative estimate of drug-likeness (QED) is 0.583. The molecule has 0 rings (SSSR count). The third-order valence-electron chi connectivity index (χ3n) is 0.916. The van der Waals surface area contributed by atoms with Crippen LogP contribution in [-0.2, 0) is 10.8 Å². The highest BCUT2D eigenvalue weighted by atomic mass is 32.2. The molecule has 0 aromatic heterocycles. The van der Waals surface area contributed by atoms with E-state index in [9.17, 15) is 4.21 Å². The zero-order valence-electron chi connectivity index (χ0n) is 6.73. The van der Waals surface area contributed by atoms with E-state index in [1.165, 1.54) is 0 Å². The molecular weight excluding hydrogens is 132 g/mol. The molecule has 0 bridgehead atoms. The SMILES string of the molecule is CCS(=O)CC(C)(C)C. The maximum absolute atomic E-state index is 10.9. The minimum absolute atomic E-state index is 0.223. The summed E-state index contributed by atoms with van der Waals surface area (Å²) in [7, 11) is -0.596. The van der Waals surface area contributed by atoms with Crippen molar-refractivity contribution in [3.05, 3.63) is 0 Å². The molecule has 0 saturated heterocycles. The molecule has 1 nitrogen and oxygen atoms in total. The maximum Gasteiger partial charge on any atom is 0.0283 e. The zero-order valence-corrected chi connectivity index (χ0v) is 7.55. The Balaban J connectivity index is 3.60. The summed E-state index contributed by atoms with van der Waals surface area (Å²) in [6.07, 6.45) is 0. The van der Waals surface area contributed by atoms with Crippen LogP contribution < -0.4 is 0 Å². The van der Waals surface area contributed by atoms with Gasteiger partial charge < -0.3 is 0 Å². The van der Waals surface area contributed by atoms with Crippen LogP contribution in [0.2, 0.25) is 0 Å². The highest BCUT2D eigenvalue weighted by molar-refractivity contribution is 7.84. The number of hydrogen-bond donors (Lipinski definition) is 0. The minimum Gasteiger partial charge on any atom is -0.260 e. The van der Waals surface area contributed by atoms with Crippen molar-refractivity contribution in [1.82, 2.24) is 0 Å². The van der Waals surface area contributed by atoms with E-state index in [0.29, 0.717) is 0 Å². The Morgan fingerprint density at radius 3 is 1.89 bits per heavy atom. The normalized spacial score (nSPS) is 15.6. The summed E-state index contributed by atoms with van der Waals surface area (Å²) in [6.45, 7) is 8.30. The van der Waals surface area contributed by atoms with Crippen molar-refractivity contribution in [3.8, 4) is 0 Å². The molecule has 9 heavy (non-hydrogen) atoms. The number of hydrogen-bond acceptors (Lipinski definition) is 1. The Morgan fingerprint density at radius 2 is 1.78 bits per heavy atom. The predicted octanol–water partition coefficient (Wildman–Crippen LogP) is 1.80. The summed E-state index contributed by atoms with van der Waals surface area (Å²) in [5.41, 5.74) is 0.223. The Hall–Kier alpha value is 0.150. The van der Waals surface area contributed by atoms with Gasteiger partial charge in [0.15, 0.2) is 0 Å². The van der Waals surface area contributed by atoms with Crippen LogP contribution in [-0.4, -0.2) is 15.7 Å². The molecular formula is C7H16OS. The van der Waals surface area contributed by atoms with Gasteiger partial charge in [0.2, 0.25) is 0 Å². The summed E-state index contributed by atoms with van der Waals surface area (Å²) in [5, 5.41) is 0. The number of rotatable bonds is 2. The first-order valence-electron chi connectivity index (χ1n) is 3.30. The lowest BCUT2D eigenvalue weighted by Gasteiger charge is -2.15. The fourth-order valence-electron chi connectivity index (χ4n) is 0.585.